The van der Waals surface area contributed by atoms with Gasteiger partial charge in [0.15, 0.2) is 0 Å². The fraction of sp³-hybridized carbons (Fsp3) is 0.0417. The minimum atomic E-state index is -0.413. The highest BCUT2D eigenvalue weighted by Gasteiger charge is 2.15. The molecule has 8 heteroatoms. The molecule has 0 saturated heterocycles. The van der Waals surface area contributed by atoms with E-state index in [0.717, 1.165) is 0 Å². The third-order valence-electron chi connectivity index (χ3n) is 5.20. The maximum Gasteiger partial charge on any atom is 0.277 e. The lowest BCUT2D eigenvalue weighted by Gasteiger charge is -2.14. The summed E-state index contributed by atoms with van der Waals surface area (Å²) in [7, 11) is 0. The molecule has 0 saturated carbocycles. The third kappa shape index (κ3) is 3.51. The molecule has 0 radical (unpaired) electrons. The van der Waals surface area contributed by atoms with Crippen molar-refractivity contribution in [3.8, 4) is 0 Å². The predicted molar refractivity (Wildman–Crippen MR) is 117 cm³/mol. The average molecular weight is 430 g/mol. The minimum Gasteiger partial charge on any atom is -0.322 e. The highest BCUT2D eigenvalue weighted by molar-refractivity contribution is 6.06. The van der Waals surface area contributed by atoms with Crippen molar-refractivity contribution in [3.05, 3.63) is 112 Å². The first-order valence-corrected chi connectivity index (χ1v) is 9.81. The molecule has 2 heterocycles. The summed E-state index contributed by atoms with van der Waals surface area (Å²) < 4.78 is 29.9. The summed E-state index contributed by atoms with van der Waals surface area (Å²) >= 11 is 0. The summed E-state index contributed by atoms with van der Waals surface area (Å²) in [5, 5.41) is 6.94. The molecule has 6 nitrogen and oxygen atoms in total. The lowest BCUT2D eigenvalue weighted by atomic mass is 10.1. The van der Waals surface area contributed by atoms with Gasteiger partial charge >= 0.3 is 0 Å². The van der Waals surface area contributed by atoms with E-state index in [2.05, 4.69) is 10.4 Å². The van der Waals surface area contributed by atoms with Gasteiger partial charge in [-0.15, -0.1) is 0 Å². The monoisotopic (exact) mass is 430 g/mol. The number of carbonyl (C=O) groups is 1. The van der Waals surface area contributed by atoms with E-state index < -0.39 is 17.5 Å². The van der Waals surface area contributed by atoms with Gasteiger partial charge in [-0.1, -0.05) is 12.1 Å². The highest BCUT2D eigenvalue weighted by Crippen LogP contribution is 2.19. The Hall–Kier alpha value is -4.33. The van der Waals surface area contributed by atoms with Crippen molar-refractivity contribution in [1.29, 1.82) is 0 Å². The van der Waals surface area contributed by atoms with Crippen LogP contribution in [0.5, 0.6) is 0 Å². The Balaban J connectivity index is 1.63. The molecule has 5 aromatic rings. The number of hydrogen-bond donors (Lipinski definition) is 1. The van der Waals surface area contributed by atoms with Crippen molar-refractivity contribution >= 4 is 28.1 Å². The van der Waals surface area contributed by atoms with Crippen molar-refractivity contribution in [2.24, 2.45) is 0 Å². The van der Waals surface area contributed by atoms with Crippen LogP contribution in [0.25, 0.3) is 16.6 Å². The number of fused-ring (bicyclic) bond motifs is 3. The van der Waals surface area contributed by atoms with Gasteiger partial charge in [-0.05, 0) is 66.2 Å². The summed E-state index contributed by atoms with van der Waals surface area (Å²) in [5.74, 6) is -1.22. The van der Waals surface area contributed by atoms with Crippen LogP contribution in [-0.4, -0.2) is 20.1 Å². The predicted octanol–water partition coefficient (Wildman–Crippen LogP) is 4.23. The van der Waals surface area contributed by atoms with Gasteiger partial charge < -0.3 is 9.88 Å². The number of carbonyl (C=O) groups excluding carboxylic acids is 1. The van der Waals surface area contributed by atoms with Crippen LogP contribution >= 0.6 is 0 Å². The normalized spacial score (nSPS) is 11.2. The molecular formula is C24H16F2N4O2. The van der Waals surface area contributed by atoms with Crippen LogP contribution in [0.2, 0.25) is 0 Å². The maximum atomic E-state index is 13.7. The topological polar surface area (TPSA) is 68.4 Å². The van der Waals surface area contributed by atoms with E-state index in [9.17, 15) is 18.4 Å². The quantitative estimate of drug-likeness (QED) is 0.464. The van der Waals surface area contributed by atoms with E-state index in [1.54, 1.807) is 36.4 Å². The summed E-state index contributed by atoms with van der Waals surface area (Å²) in [6.07, 6.45) is 1.53. The van der Waals surface area contributed by atoms with Crippen LogP contribution in [0, 0.1) is 11.6 Å². The zero-order valence-electron chi connectivity index (χ0n) is 16.6. The Kier molecular flexibility index (Phi) is 4.74. The second kappa shape index (κ2) is 7.73. The molecule has 158 valence electrons. The molecule has 5 rings (SSSR count). The van der Waals surface area contributed by atoms with Gasteiger partial charge in [0.1, 0.15) is 17.2 Å². The first kappa shape index (κ1) is 19.6. The van der Waals surface area contributed by atoms with Gasteiger partial charge in [0, 0.05) is 11.3 Å². The first-order valence-electron chi connectivity index (χ1n) is 9.81. The van der Waals surface area contributed by atoms with Crippen molar-refractivity contribution in [3.63, 3.8) is 0 Å². The summed E-state index contributed by atoms with van der Waals surface area (Å²) in [6, 6.07) is 18.0. The van der Waals surface area contributed by atoms with Gasteiger partial charge in [-0.2, -0.15) is 5.10 Å². The van der Waals surface area contributed by atoms with Gasteiger partial charge in [0.05, 0.1) is 23.8 Å². The lowest BCUT2D eigenvalue weighted by molar-refractivity contribution is 0.102. The smallest absolute Gasteiger partial charge is 0.277 e. The lowest BCUT2D eigenvalue weighted by Crippen LogP contribution is -2.24. The van der Waals surface area contributed by atoms with Crippen LogP contribution in [0.4, 0.5) is 14.5 Å². The van der Waals surface area contributed by atoms with E-state index in [1.165, 1.54) is 51.7 Å². The number of benzene rings is 3. The van der Waals surface area contributed by atoms with E-state index in [0.29, 0.717) is 33.4 Å². The fourth-order valence-electron chi connectivity index (χ4n) is 3.68. The minimum absolute atomic E-state index is 0.123. The molecule has 2 aromatic heterocycles. The molecule has 0 spiro atoms. The van der Waals surface area contributed by atoms with Crippen molar-refractivity contribution in [2.75, 3.05) is 5.32 Å². The summed E-state index contributed by atoms with van der Waals surface area (Å²) in [4.78, 5) is 26.0. The van der Waals surface area contributed by atoms with E-state index >= 15 is 0 Å². The molecular weight excluding hydrogens is 414 g/mol. The number of nitrogens with one attached hydrogen (secondary N) is 1. The third-order valence-corrected chi connectivity index (χ3v) is 5.20. The second-order valence-corrected chi connectivity index (χ2v) is 7.31. The number of hydrogen-bond acceptors (Lipinski definition) is 3. The molecule has 0 aliphatic carbocycles. The number of halogens is 2. The van der Waals surface area contributed by atoms with Crippen molar-refractivity contribution in [1.82, 2.24) is 14.2 Å². The van der Waals surface area contributed by atoms with Gasteiger partial charge in [0.25, 0.3) is 11.5 Å². The molecule has 0 aliphatic rings. The second-order valence-electron chi connectivity index (χ2n) is 7.31. The number of amides is 1. The Labute approximate surface area is 180 Å². The molecule has 0 unspecified atom stereocenters. The molecule has 0 aliphatic heterocycles. The average Bonchev–Trinajstić information content (AvgIpc) is 3.28. The Bertz CT molecular complexity index is 1540. The SMILES string of the molecule is O=C(Nc1ccc(F)cc1)c1ccc2c(c1)n(Cc1cccc(F)c1)c(=O)c1ccnn12. The van der Waals surface area contributed by atoms with Crippen molar-refractivity contribution in [2.45, 2.75) is 6.54 Å². The van der Waals surface area contributed by atoms with Crippen molar-refractivity contribution < 1.29 is 13.6 Å². The molecule has 3 aromatic carbocycles. The van der Waals surface area contributed by atoms with E-state index in [-0.39, 0.29) is 12.1 Å². The number of rotatable bonds is 4. The standard InChI is InChI=1S/C24H16F2N4O2/c25-17-5-7-19(8-6-17)28-23(31)16-4-9-20-22(13-16)29(14-15-2-1-3-18(26)12-15)24(32)21-10-11-27-30(20)21/h1-13H,14H2,(H,28,31). The molecule has 0 fully saturated rings. The van der Waals surface area contributed by atoms with E-state index in [4.69, 9.17) is 0 Å². The fourth-order valence-corrected chi connectivity index (χ4v) is 3.68. The van der Waals surface area contributed by atoms with Crippen LogP contribution in [0.1, 0.15) is 15.9 Å². The first-order chi connectivity index (χ1) is 15.5. The molecule has 1 N–H and O–H groups in total. The van der Waals surface area contributed by atoms with Crippen LogP contribution in [-0.2, 0) is 6.54 Å². The zero-order chi connectivity index (χ0) is 22.2. The highest BCUT2D eigenvalue weighted by atomic mass is 19.1. The van der Waals surface area contributed by atoms with Crippen LogP contribution in [0.3, 0.4) is 0 Å². The van der Waals surface area contributed by atoms with Crippen LogP contribution in [0.15, 0.2) is 83.8 Å². The summed E-state index contributed by atoms with van der Waals surface area (Å²) in [6.45, 7) is 0.123. The summed E-state index contributed by atoms with van der Waals surface area (Å²) in [5.41, 5.74) is 2.52. The zero-order valence-corrected chi connectivity index (χ0v) is 16.6. The largest absolute Gasteiger partial charge is 0.322 e. The van der Waals surface area contributed by atoms with Gasteiger partial charge in [-0.3, -0.25) is 9.59 Å². The molecule has 0 atom stereocenters. The van der Waals surface area contributed by atoms with Gasteiger partial charge in [0.2, 0.25) is 0 Å². The molecule has 32 heavy (non-hydrogen) atoms. The van der Waals surface area contributed by atoms with E-state index in [1.807, 2.05) is 0 Å². The Morgan fingerprint density at radius 3 is 2.47 bits per heavy atom. The molecule has 1 amide bonds. The van der Waals surface area contributed by atoms with Crippen LogP contribution < -0.4 is 10.9 Å². The number of nitrogens with zero attached hydrogens (tertiary/aromatic N) is 3. The Morgan fingerprint density at radius 2 is 1.69 bits per heavy atom. The number of aromatic nitrogens is 3. The Morgan fingerprint density at radius 1 is 0.875 bits per heavy atom. The maximum absolute atomic E-state index is 13.7. The number of anilines is 1. The molecule has 0 bridgehead atoms. The van der Waals surface area contributed by atoms with Gasteiger partial charge in [-0.25, -0.2) is 13.3 Å².